The van der Waals surface area contributed by atoms with Gasteiger partial charge in [-0.25, -0.2) is 0 Å². The van der Waals surface area contributed by atoms with Crippen molar-refractivity contribution in [1.82, 2.24) is 0 Å². The molecule has 0 N–H and O–H groups in total. The molecule has 0 saturated carbocycles. The molecule has 0 fully saturated rings. The summed E-state index contributed by atoms with van der Waals surface area (Å²) in [5.41, 5.74) is 2.43. The third-order valence-corrected chi connectivity index (χ3v) is 3.73. The van der Waals surface area contributed by atoms with Crippen LogP contribution >= 0.6 is 0 Å². The fourth-order valence-corrected chi connectivity index (χ4v) is 2.33. The van der Waals surface area contributed by atoms with E-state index in [4.69, 9.17) is 9.47 Å². The van der Waals surface area contributed by atoms with Gasteiger partial charge in [0.1, 0.15) is 17.2 Å². The van der Waals surface area contributed by atoms with Gasteiger partial charge in [0.15, 0.2) is 5.78 Å². The quantitative estimate of drug-likeness (QED) is 0.565. The topological polar surface area (TPSA) is 35.5 Å². The van der Waals surface area contributed by atoms with Gasteiger partial charge in [-0.05, 0) is 67.6 Å². The van der Waals surface area contributed by atoms with Gasteiger partial charge in [-0.1, -0.05) is 25.1 Å². The first-order valence-corrected chi connectivity index (χ1v) is 7.69. The molecule has 0 heterocycles. The van der Waals surface area contributed by atoms with Crippen LogP contribution in [-0.4, -0.2) is 12.9 Å². The van der Waals surface area contributed by atoms with Crippen molar-refractivity contribution < 1.29 is 14.3 Å². The van der Waals surface area contributed by atoms with E-state index in [-0.39, 0.29) is 13.2 Å². The van der Waals surface area contributed by atoms with Gasteiger partial charge in [0.25, 0.3) is 0 Å². The van der Waals surface area contributed by atoms with Crippen LogP contribution in [0, 0.1) is 6.92 Å². The standard InChI is InChI=1S/C21H18O3.CH4/c1-15-3-9-19(10-4-15)24-20-13-7-17(8-14-20)21(22)16-5-11-18(23-2)12-6-16;/h3-14H,1-2H3;1H4. The molecule has 0 aliphatic rings. The molecule has 3 rings (SSSR count). The van der Waals surface area contributed by atoms with Gasteiger partial charge in [0.05, 0.1) is 7.11 Å². The minimum Gasteiger partial charge on any atom is -0.497 e. The van der Waals surface area contributed by atoms with E-state index in [0.29, 0.717) is 16.9 Å². The van der Waals surface area contributed by atoms with Gasteiger partial charge >= 0.3 is 0 Å². The van der Waals surface area contributed by atoms with Crippen molar-refractivity contribution in [3.8, 4) is 17.2 Å². The summed E-state index contributed by atoms with van der Waals surface area (Å²) in [6, 6.07) is 22.1. The second-order valence-electron chi connectivity index (χ2n) is 5.50. The Morgan fingerprint density at radius 3 is 1.52 bits per heavy atom. The summed E-state index contributed by atoms with van der Waals surface area (Å²) in [5, 5.41) is 0. The van der Waals surface area contributed by atoms with Gasteiger partial charge in [0.2, 0.25) is 0 Å². The zero-order valence-electron chi connectivity index (χ0n) is 13.7. The lowest BCUT2D eigenvalue weighted by Crippen LogP contribution is -2.01. The van der Waals surface area contributed by atoms with Crippen molar-refractivity contribution in [3.63, 3.8) is 0 Å². The number of ketones is 1. The van der Waals surface area contributed by atoms with E-state index >= 15 is 0 Å². The molecule has 3 aromatic rings. The van der Waals surface area contributed by atoms with Crippen LogP contribution in [0.25, 0.3) is 0 Å². The van der Waals surface area contributed by atoms with E-state index in [0.717, 1.165) is 11.5 Å². The molecule has 3 heteroatoms. The maximum atomic E-state index is 12.5. The first kappa shape index (κ1) is 18.3. The number of ether oxygens (including phenoxy) is 2. The van der Waals surface area contributed by atoms with Crippen LogP contribution < -0.4 is 9.47 Å². The molecular formula is C22H22O3. The molecule has 0 aromatic heterocycles. The van der Waals surface area contributed by atoms with Crippen molar-refractivity contribution >= 4 is 5.78 Å². The second-order valence-corrected chi connectivity index (χ2v) is 5.50. The molecule has 0 aliphatic carbocycles. The van der Waals surface area contributed by atoms with E-state index < -0.39 is 0 Å². The van der Waals surface area contributed by atoms with Gasteiger partial charge in [-0.15, -0.1) is 0 Å². The summed E-state index contributed by atoms with van der Waals surface area (Å²) in [4.78, 5) is 12.5. The molecule has 0 spiro atoms. The number of hydrogen-bond acceptors (Lipinski definition) is 3. The number of carbonyl (C=O) groups excluding carboxylic acids is 1. The Bertz CT molecular complexity index is 817. The molecule has 3 nitrogen and oxygen atoms in total. The summed E-state index contributed by atoms with van der Waals surface area (Å²) in [7, 11) is 1.60. The Balaban J connectivity index is 0.00000225. The number of aryl methyl sites for hydroxylation is 1. The molecule has 0 radical (unpaired) electrons. The average molecular weight is 334 g/mol. The maximum absolute atomic E-state index is 12.5. The first-order valence-electron chi connectivity index (χ1n) is 7.69. The van der Waals surface area contributed by atoms with E-state index in [9.17, 15) is 4.79 Å². The van der Waals surface area contributed by atoms with Crippen molar-refractivity contribution in [3.05, 3.63) is 89.5 Å². The number of carbonyl (C=O) groups is 1. The summed E-state index contributed by atoms with van der Waals surface area (Å²) in [6.07, 6.45) is 0. The molecule has 0 bridgehead atoms. The van der Waals surface area contributed by atoms with Crippen LogP contribution in [0.1, 0.15) is 28.9 Å². The van der Waals surface area contributed by atoms with Crippen LogP contribution in [0.4, 0.5) is 0 Å². The molecule has 0 atom stereocenters. The fraction of sp³-hybridized carbons (Fsp3) is 0.136. The molecule has 0 unspecified atom stereocenters. The molecule has 128 valence electrons. The predicted molar refractivity (Wildman–Crippen MR) is 101 cm³/mol. The Labute approximate surface area is 148 Å². The Morgan fingerprint density at radius 1 is 0.680 bits per heavy atom. The maximum Gasteiger partial charge on any atom is 0.193 e. The Morgan fingerprint density at radius 2 is 1.08 bits per heavy atom. The highest BCUT2D eigenvalue weighted by Crippen LogP contribution is 2.23. The summed E-state index contributed by atoms with van der Waals surface area (Å²) in [6.45, 7) is 2.03. The highest BCUT2D eigenvalue weighted by Gasteiger charge is 2.09. The summed E-state index contributed by atoms with van der Waals surface area (Å²) in [5.74, 6) is 2.17. The Kier molecular flexibility index (Phi) is 5.96. The lowest BCUT2D eigenvalue weighted by atomic mass is 10.0. The van der Waals surface area contributed by atoms with Crippen LogP contribution in [0.2, 0.25) is 0 Å². The minimum absolute atomic E-state index is 0. The smallest absolute Gasteiger partial charge is 0.193 e. The van der Waals surface area contributed by atoms with E-state index in [1.807, 2.05) is 31.2 Å². The molecule has 3 aromatic carbocycles. The number of hydrogen-bond donors (Lipinski definition) is 0. The predicted octanol–water partition coefficient (Wildman–Crippen LogP) is 5.66. The van der Waals surface area contributed by atoms with Crippen LogP contribution in [0.15, 0.2) is 72.8 Å². The lowest BCUT2D eigenvalue weighted by Gasteiger charge is -2.07. The summed E-state index contributed by atoms with van der Waals surface area (Å²) >= 11 is 0. The minimum atomic E-state index is -0.0282. The van der Waals surface area contributed by atoms with Gasteiger partial charge in [0, 0.05) is 11.1 Å². The Hall–Kier alpha value is -3.07. The van der Waals surface area contributed by atoms with Gasteiger partial charge in [-0.2, -0.15) is 0 Å². The van der Waals surface area contributed by atoms with Crippen molar-refractivity contribution in [2.75, 3.05) is 7.11 Å². The zero-order valence-corrected chi connectivity index (χ0v) is 13.7. The van der Waals surface area contributed by atoms with Crippen molar-refractivity contribution in [2.45, 2.75) is 14.4 Å². The summed E-state index contributed by atoms with van der Waals surface area (Å²) < 4.78 is 10.9. The highest BCUT2D eigenvalue weighted by atomic mass is 16.5. The van der Waals surface area contributed by atoms with E-state index in [2.05, 4.69) is 0 Å². The monoisotopic (exact) mass is 334 g/mol. The zero-order chi connectivity index (χ0) is 16.9. The first-order chi connectivity index (χ1) is 11.7. The van der Waals surface area contributed by atoms with Crippen LogP contribution in [0.3, 0.4) is 0 Å². The molecule has 25 heavy (non-hydrogen) atoms. The number of rotatable bonds is 5. The van der Waals surface area contributed by atoms with Gasteiger partial charge < -0.3 is 9.47 Å². The number of methoxy groups -OCH3 is 1. The van der Waals surface area contributed by atoms with E-state index in [1.54, 1.807) is 55.6 Å². The van der Waals surface area contributed by atoms with Crippen LogP contribution in [0.5, 0.6) is 17.2 Å². The lowest BCUT2D eigenvalue weighted by molar-refractivity contribution is 0.103. The number of benzene rings is 3. The third-order valence-electron chi connectivity index (χ3n) is 3.73. The normalized spacial score (nSPS) is 9.84. The SMILES string of the molecule is C.COc1ccc(C(=O)c2ccc(Oc3ccc(C)cc3)cc2)cc1. The molecular weight excluding hydrogens is 312 g/mol. The third kappa shape index (κ3) is 4.48. The van der Waals surface area contributed by atoms with Gasteiger partial charge in [-0.3, -0.25) is 4.79 Å². The molecule has 0 amide bonds. The van der Waals surface area contributed by atoms with E-state index in [1.165, 1.54) is 5.56 Å². The molecule has 0 aliphatic heterocycles. The second kappa shape index (κ2) is 8.15. The van der Waals surface area contributed by atoms with Crippen LogP contribution in [-0.2, 0) is 0 Å². The molecule has 0 saturated heterocycles. The highest BCUT2D eigenvalue weighted by molar-refractivity contribution is 6.09. The van der Waals surface area contributed by atoms with Crippen molar-refractivity contribution in [2.24, 2.45) is 0 Å². The van der Waals surface area contributed by atoms with Crippen molar-refractivity contribution in [1.29, 1.82) is 0 Å². The largest absolute Gasteiger partial charge is 0.497 e. The average Bonchev–Trinajstić information content (AvgIpc) is 2.64. The fourth-order valence-electron chi connectivity index (χ4n) is 2.33.